The lowest BCUT2D eigenvalue weighted by molar-refractivity contribution is -0.140. The number of piperazine rings is 1. The molecule has 1 atom stereocenters. The molecule has 0 bridgehead atoms. The summed E-state index contributed by atoms with van der Waals surface area (Å²) in [5, 5.41) is 0.643. The topological polar surface area (TPSA) is 66.6 Å². The Bertz CT molecular complexity index is 562. The second-order valence-electron chi connectivity index (χ2n) is 6.19. The van der Waals surface area contributed by atoms with Crippen LogP contribution in [0.5, 0.6) is 0 Å². The number of hydrogen-bond donors (Lipinski definition) is 1. The molecule has 5 nitrogen and oxygen atoms in total. The number of amides is 2. The first kappa shape index (κ1) is 18.7. The fraction of sp³-hybridized carbons (Fsp3) is 0.556. The van der Waals surface area contributed by atoms with E-state index in [2.05, 4.69) is 6.92 Å². The van der Waals surface area contributed by atoms with Gasteiger partial charge < -0.3 is 15.5 Å². The number of hydrogen-bond acceptors (Lipinski definition) is 3. The van der Waals surface area contributed by atoms with Crippen molar-refractivity contribution in [2.45, 2.75) is 45.1 Å². The Balaban J connectivity index is 2.14. The first-order valence-corrected chi connectivity index (χ1v) is 9.00. The van der Waals surface area contributed by atoms with E-state index in [1.165, 1.54) is 0 Å². The zero-order chi connectivity index (χ0) is 17.5. The number of rotatable bonds is 7. The molecule has 1 aromatic carbocycles. The van der Waals surface area contributed by atoms with Crippen molar-refractivity contribution in [2.75, 3.05) is 24.5 Å². The van der Waals surface area contributed by atoms with Crippen LogP contribution in [0, 0.1) is 0 Å². The molecule has 1 aliphatic heterocycles. The van der Waals surface area contributed by atoms with Gasteiger partial charge in [-0.25, -0.2) is 0 Å². The molecule has 24 heavy (non-hydrogen) atoms. The highest BCUT2D eigenvalue weighted by molar-refractivity contribution is 6.30. The van der Waals surface area contributed by atoms with Crippen LogP contribution in [-0.4, -0.2) is 42.4 Å². The van der Waals surface area contributed by atoms with Gasteiger partial charge in [-0.2, -0.15) is 0 Å². The van der Waals surface area contributed by atoms with E-state index in [9.17, 15) is 9.59 Å². The molecule has 0 aromatic heterocycles. The molecule has 0 unspecified atom stereocenters. The fourth-order valence-electron chi connectivity index (χ4n) is 3.02. The van der Waals surface area contributed by atoms with E-state index < -0.39 is 0 Å². The van der Waals surface area contributed by atoms with Gasteiger partial charge in [0.2, 0.25) is 11.8 Å². The second kappa shape index (κ2) is 9.04. The molecule has 2 N–H and O–H groups in total. The average Bonchev–Trinajstić information content (AvgIpc) is 2.59. The van der Waals surface area contributed by atoms with Crippen molar-refractivity contribution in [3.8, 4) is 0 Å². The monoisotopic (exact) mass is 351 g/mol. The van der Waals surface area contributed by atoms with E-state index in [0.717, 1.165) is 24.9 Å². The Kier molecular flexibility index (Phi) is 7.06. The van der Waals surface area contributed by atoms with Gasteiger partial charge in [0.1, 0.15) is 6.54 Å². The van der Waals surface area contributed by atoms with Crippen molar-refractivity contribution in [2.24, 2.45) is 5.73 Å². The van der Waals surface area contributed by atoms with Gasteiger partial charge in [-0.15, -0.1) is 0 Å². The maximum Gasteiger partial charge on any atom is 0.246 e. The maximum absolute atomic E-state index is 12.6. The van der Waals surface area contributed by atoms with Crippen LogP contribution in [0.2, 0.25) is 5.02 Å². The van der Waals surface area contributed by atoms with E-state index in [1.54, 1.807) is 21.9 Å². The Morgan fingerprint density at radius 2 is 2.00 bits per heavy atom. The molecular formula is C18H26ClN3O2. The molecule has 132 valence electrons. The van der Waals surface area contributed by atoms with Crippen molar-refractivity contribution in [3.63, 3.8) is 0 Å². The molecule has 0 saturated carbocycles. The Labute approximate surface area is 148 Å². The number of nitrogens with zero attached hydrogens (tertiary/aromatic N) is 2. The standard InChI is InChI=1S/C18H26ClN3O2/c1-2-3-5-16-12-21(15-9-7-14(19)8-10-15)18(24)13-22(16)17(23)6-4-11-20/h7-10,16H,2-6,11-13,20H2,1H3/t16-/m1/s1. The van der Waals surface area contributed by atoms with E-state index in [1.807, 2.05) is 12.1 Å². The molecule has 1 aromatic rings. The number of halogens is 1. The zero-order valence-electron chi connectivity index (χ0n) is 14.2. The zero-order valence-corrected chi connectivity index (χ0v) is 15.0. The number of anilines is 1. The Hall–Kier alpha value is -1.59. The summed E-state index contributed by atoms with van der Waals surface area (Å²) in [6, 6.07) is 7.32. The summed E-state index contributed by atoms with van der Waals surface area (Å²) >= 11 is 5.93. The van der Waals surface area contributed by atoms with E-state index >= 15 is 0 Å². The van der Waals surface area contributed by atoms with Crippen molar-refractivity contribution in [3.05, 3.63) is 29.3 Å². The first-order valence-electron chi connectivity index (χ1n) is 8.62. The number of carbonyl (C=O) groups is 2. The normalized spacial score (nSPS) is 18.1. The van der Waals surface area contributed by atoms with Crippen molar-refractivity contribution >= 4 is 29.1 Å². The minimum atomic E-state index is -0.0498. The van der Waals surface area contributed by atoms with Crippen LogP contribution in [0.1, 0.15) is 39.0 Å². The Morgan fingerprint density at radius 1 is 1.29 bits per heavy atom. The third-order valence-corrected chi connectivity index (χ3v) is 4.64. The molecule has 0 radical (unpaired) electrons. The average molecular weight is 352 g/mol. The molecule has 6 heteroatoms. The predicted octanol–water partition coefficient (Wildman–Crippen LogP) is 2.81. The Morgan fingerprint density at radius 3 is 2.62 bits per heavy atom. The predicted molar refractivity (Wildman–Crippen MR) is 97.1 cm³/mol. The maximum atomic E-state index is 12.6. The van der Waals surface area contributed by atoms with E-state index in [-0.39, 0.29) is 24.4 Å². The van der Waals surface area contributed by atoms with Gasteiger partial charge in [-0.1, -0.05) is 31.4 Å². The highest BCUT2D eigenvalue weighted by Crippen LogP contribution is 2.24. The molecule has 0 aliphatic carbocycles. The van der Waals surface area contributed by atoms with Crippen LogP contribution in [0.4, 0.5) is 5.69 Å². The molecule has 2 amide bonds. The van der Waals surface area contributed by atoms with Crippen molar-refractivity contribution < 1.29 is 9.59 Å². The van der Waals surface area contributed by atoms with Crippen LogP contribution < -0.4 is 10.6 Å². The summed E-state index contributed by atoms with van der Waals surface area (Å²) in [4.78, 5) is 28.5. The molecule has 2 rings (SSSR count). The molecule has 1 fully saturated rings. The van der Waals surface area contributed by atoms with Gasteiger partial charge in [0.25, 0.3) is 0 Å². The SMILES string of the molecule is CCCC[C@@H]1CN(c2ccc(Cl)cc2)C(=O)CN1C(=O)CCCN. The smallest absolute Gasteiger partial charge is 0.246 e. The van der Waals surface area contributed by atoms with Crippen LogP contribution >= 0.6 is 11.6 Å². The van der Waals surface area contributed by atoms with Crippen LogP contribution in [0.25, 0.3) is 0 Å². The van der Waals surface area contributed by atoms with Gasteiger partial charge in [-0.3, -0.25) is 9.59 Å². The van der Waals surface area contributed by atoms with Gasteiger partial charge in [-0.05, 0) is 43.7 Å². The molecule has 1 saturated heterocycles. The fourth-order valence-corrected chi connectivity index (χ4v) is 3.14. The van der Waals surface area contributed by atoms with Gasteiger partial charge in [0.15, 0.2) is 0 Å². The molecule has 0 spiro atoms. The first-order chi connectivity index (χ1) is 11.6. The number of nitrogens with two attached hydrogens (primary N) is 1. The van der Waals surface area contributed by atoms with Crippen molar-refractivity contribution in [1.82, 2.24) is 4.90 Å². The quantitative estimate of drug-likeness (QED) is 0.821. The van der Waals surface area contributed by atoms with E-state index in [0.29, 0.717) is 31.0 Å². The van der Waals surface area contributed by atoms with Crippen LogP contribution in [0.3, 0.4) is 0 Å². The van der Waals surface area contributed by atoms with Gasteiger partial charge >= 0.3 is 0 Å². The largest absolute Gasteiger partial charge is 0.330 e. The highest BCUT2D eigenvalue weighted by Gasteiger charge is 2.34. The minimum absolute atomic E-state index is 0.0330. The van der Waals surface area contributed by atoms with Gasteiger partial charge in [0.05, 0.1) is 6.04 Å². The van der Waals surface area contributed by atoms with Crippen molar-refractivity contribution in [1.29, 1.82) is 0 Å². The molecule has 1 heterocycles. The number of benzene rings is 1. The number of unbranched alkanes of at least 4 members (excludes halogenated alkanes) is 1. The minimum Gasteiger partial charge on any atom is -0.330 e. The highest BCUT2D eigenvalue weighted by atomic mass is 35.5. The summed E-state index contributed by atoms with van der Waals surface area (Å²) in [6.07, 6.45) is 4.07. The molecular weight excluding hydrogens is 326 g/mol. The van der Waals surface area contributed by atoms with Crippen LogP contribution in [0.15, 0.2) is 24.3 Å². The summed E-state index contributed by atoms with van der Waals surface area (Å²) in [6.45, 7) is 3.30. The third kappa shape index (κ3) is 4.71. The lowest BCUT2D eigenvalue weighted by Gasteiger charge is -2.41. The lowest BCUT2D eigenvalue weighted by Crippen LogP contribution is -2.58. The van der Waals surface area contributed by atoms with Gasteiger partial charge in [0, 0.05) is 23.7 Å². The molecule has 1 aliphatic rings. The summed E-state index contributed by atoms with van der Waals surface area (Å²) in [5.41, 5.74) is 6.34. The summed E-state index contributed by atoms with van der Waals surface area (Å²) in [7, 11) is 0. The van der Waals surface area contributed by atoms with E-state index in [4.69, 9.17) is 17.3 Å². The lowest BCUT2D eigenvalue weighted by atomic mass is 10.0. The van der Waals surface area contributed by atoms with Crippen LogP contribution in [-0.2, 0) is 9.59 Å². The summed E-state index contributed by atoms with van der Waals surface area (Å²) in [5.74, 6) is -0.0168. The second-order valence-corrected chi connectivity index (χ2v) is 6.63. The number of carbonyl (C=O) groups excluding carboxylic acids is 2. The summed E-state index contributed by atoms with van der Waals surface area (Å²) < 4.78 is 0. The third-order valence-electron chi connectivity index (χ3n) is 4.39.